The number of nitrogens with zero attached hydrogens (tertiary/aromatic N) is 1. The fourth-order valence-corrected chi connectivity index (χ4v) is 4.01. The minimum Gasteiger partial charge on any atom is -0.381 e. The lowest BCUT2D eigenvalue weighted by atomic mass is 9.86. The van der Waals surface area contributed by atoms with Crippen molar-refractivity contribution in [3.63, 3.8) is 0 Å². The maximum Gasteiger partial charge on any atom is 0.0601 e. The predicted octanol–water partition coefficient (Wildman–Crippen LogP) is 1.09. The quantitative estimate of drug-likeness (QED) is 0.777. The molecule has 0 aromatic heterocycles. The van der Waals surface area contributed by atoms with Crippen molar-refractivity contribution in [3.05, 3.63) is 0 Å². The Morgan fingerprint density at radius 2 is 2.12 bits per heavy atom. The van der Waals surface area contributed by atoms with Gasteiger partial charge in [0.2, 0.25) is 0 Å². The highest BCUT2D eigenvalue weighted by atomic mass is 16.5. The maximum absolute atomic E-state index is 5.40. The Bertz CT molecular complexity index is 252. The van der Waals surface area contributed by atoms with E-state index >= 15 is 0 Å². The Hall–Kier alpha value is -0.120. The average molecular weight is 224 g/mol. The maximum atomic E-state index is 5.40. The Kier molecular flexibility index (Phi) is 2.94. The average Bonchev–Trinajstić information content (AvgIpc) is 2.75. The summed E-state index contributed by atoms with van der Waals surface area (Å²) in [6.07, 6.45) is 4.39. The molecule has 2 heterocycles. The van der Waals surface area contributed by atoms with Crippen LogP contribution in [0.25, 0.3) is 0 Å². The van der Waals surface area contributed by atoms with Crippen molar-refractivity contribution >= 4 is 0 Å². The van der Waals surface area contributed by atoms with Crippen LogP contribution in [0.15, 0.2) is 0 Å². The molecular weight excluding hydrogens is 200 g/mol. The molecule has 0 radical (unpaired) electrons. The minimum atomic E-state index is 0.543. The van der Waals surface area contributed by atoms with Crippen molar-refractivity contribution in [1.29, 1.82) is 0 Å². The van der Waals surface area contributed by atoms with Crippen LogP contribution in [-0.4, -0.2) is 49.8 Å². The van der Waals surface area contributed by atoms with Crippen LogP contribution in [0, 0.1) is 11.8 Å². The van der Waals surface area contributed by atoms with Gasteiger partial charge in [0.15, 0.2) is 0 Å². The van der Waals surface area contributed by atoms with Crippen molar-refractivity contribution in [2.45, 2.75) is 44.4 Å². The lowest BCUT2D eigenvalue weighted by Crippen LogP contribution is -2.51. The van der Waals surface area contributed by atoms with E-state index in [1.54, 1.807) is 0 Å². The molecule has 1 N–H and O–H groups in total. The van der Waals surface area contributed by atoms with Gasteiger partial charge in [-0.3, -0.25) is 4.90 Å². The zero-order chi connectivity index (χ0) is 11.1. The van der Waals surface area contributed by atoms with E-state index < -0.39 is 0 Å². The number of nitrogens with one attached hydrogen (secondary N) is 1. The summed E-state index contributed by atoms with van der Waals surface area (Å²) in [5.41, 5.74) is 0. The summed E-state index contributed by atoms with van der Waals surface area (Å²) in [5, 5.41) is 3.55. The van der Waals surface area contributed by atoms with Crippen molar-refractivity contribution in [1.82, 2.24) is 10.2 Å². The molecule has 92 valence electrons. The zero-order valence-electron chi connectivity index (χ0n) is 10.5. The Labute approximate surface area is 98.5 Å². The molecule has 1 saturated carbocycles. The molecule has 0 aromatic carbocycles. The first-order valence-electron chi connectivity index (χ1n) is 6.82. The molecule has 16 heavy (non-hydrogen) atoms. The smallest absolute Gasteiger partial charge is 0.0601 e. The molecule has 0 amide bonds. The molecule has 3 unspecified atom stereocenters. The molecule has 3 heteroatoms. The summed E-state index contributed by atoms with van der Waals surface area (Å²) >= 11 is 0. The van der Waals surface area contributed by atoms with Crippen molar-refractivity contribution in [2.24, 2.45) is 11.8 Å². The first-order valence-corrected chi connectivity index (χ1v) is 6.82. The molecule has 3 fully saturated rings. The molecule has 0 bridgehead atoms. The van der Waals surface area contributed by atoms with Crippen LogP contribution in [0.1, 0.15) is 26.2 Å². The third-order valence-corrected chi connectivity index (χ3v) is 5.05. The first-order chi connectivity index (χ1) is 7.83. The molecule has 3 aliphatic rings. The van der Waals surface area contributed by atoms with Crippen LogP contribution in [-0.2, 0) is 4.74 Å². The first kappa shape index (κ1) is 11.0. The van der Waals surface area contributed by atoms with Gasteiger partial charge in [-0.2, -0.15) is 0 Å². The van der Waals surface area contributed by atoms with Crippen molar-refractivity contribution in [2.75, 3.05) is 26.7 Å². The van der Waals surface area contributed by atoms with E-state index in [0.29, 0.717) is 6.10 Å². The molecule has 3 rings (SSSR count). The second kappa shape index (κ2) is 4.28. The summed E-state index contributed by atoms with van der Waals surface area (Å²) in [6.45, 7) is 6.18. The third kappa shape index (κ3) is 1.60. The van der Waals surface area contributed by atoms with Gasteiger partial charge >= 0.3 is 0 Å². The van der Waals surface area contributed by atoms with Crippen LogP contribution in [0.2, 0.25) is 0 Å². The van der Waals surface area contributed by atoms with E-state index in [-0.39, 0.29) is 0 Å². The van der Waals surface area contributed by atoms with Gasteiger partial charge < -0.3 is 10.1 Å². The van der Waals surface area contributed by atoms with E-state index in [2.05, 4.69) is 17.1 Å². The number of rotatable bonds is 3. The van der Waals surface area contributed by atoms with Gasteiger partial charge in [0, 0.05) is 25.7 Å². The summed E-state index contributed by atoms with van der Waals surface area (Å²) in [7, 11) is 1.85. The molecule has 3 nitrogen and oxygen atoms in total. The van der Waals surface area contributed by atoms with Gasteiger partial charge in [-0.1, -0.05) is 6.92 Å². The topological polar surface area (TPSA) is 24.5 Å². The second-order valence-corrected chi connectivity index (χ2v) is 5.74. The van der Waals surface area contributed by atoms with Crippen LogP contribution in [0.4, 0.5) is 0 Å². The lowest BCUT2D eigenvalue weighted by Gasteiger charge is -2.43. The molecule has 2 saturated heterocycles. The molecule has 3 atom stereocenters. The largest absolute Gasteiger partial charge is 0.381 e. The van der Waals surface area contributed by atoms with E-state index in [0.717, 1.165) is 23.9 Å². The molecule has 2 aliphatic heterocycles. The van der Waals surface area contributed by atoms with Gasteiger partial charge in [-0.25, -0.2) is 0 Å². The number of fused-ring (bicyclic) bond motifs is 1. The molecular formula is C13H24N2O. The lowest BCUT2D eigenvalue weighted by molar-refractivity contribution is -0.0347. The van der Waals surface area contributed by atoms with Crippen molar-refractivity contribution < 1.29 is 4.74 Å². The monoisotopic (exact) mass is 224 g/mol. The van der Waals surface area contributed by atoms with Crippen LogP contribution in [0.5, 0.6) is 0 Å². The summed E-state index contributed by atoms with van der Waals surface area (Å²) in [4.78, 5) is 2.80. The van der Waals surface area contributed by atoms with Crippen LogP contribution in [0.3, 0.4) is 0 Å². The predicted molar refractivity (Wildman–Crippen MR) is 64.5 cm³/mol. The number of likely N-dealkylation sites (tertiary alicyclic amines) is 1. The molecule has 0 aromatic rings. The van der Waals surface area contributed by atoms with E-state index in [9.17, 15) is 0 Å². The fourth-order valence-electron chi connectivity index (χ4n) is 4.01. The Balaban J connectivity index is 1.63. The number of methoxy groups -OCH3 is 1. The van der Waals surface area contributed by atoms with Gasteiger partial charge in [-0.05, 0) is 44.2 Å². The van der Waals surface area contributed by atoms with E-state index in [1.165, 1.54) is 38.9 Å². The highest BCUT2D eigenvalue weighted by Crippen LogP contribution is 2.40. The number of ether oxygens (including phenoxy) is 1. The summed E-state index contributed by atoms with van der Waals surface area (Å²) < 4.78 is 5.40. The van der Waals surface area contributed by atoms with Crippen LogP contribution < -0.4 is 5.32 Å². The van der Waals surface area contributed by atoms with Gasteiger partial charge in [-0.15, -0.1) is 0 Å². The van der Waals surface area contributed by atoms with E-state index in [4.69, 9.17) is 4.74 Å². The standard InChI is InChI=1S/C13H24N2O/c1-3-13-12-7-14-6-9(12)8-15(13)10-4-11(5-10)16-2/h9-14H,3-8H2,1-2H3. The molecule has 0 spiro atoms. The summed E-state index contributed by atoms with van der Waals surface area (Å²) in [5.74, 6) is 1.85. The van der Waals surface area contributed by atoms with Crippen molar-refractivity contribution in [3.8, 4) is 0 Å². The number of hydrogen-bond donors (Lipinski definition) is 1. The normalized spacial score (nSPS) is 48.0. The number of hydrogen-bond acceptors (Lipinski definition) is 3. The minimum absolute atomic E-state index is 0.543. The van der Waals surface area contributed by atoms with E-state index in [1.807, 2.05) is 7.11 Å². The second-order valence-electron chi connectivity index (χ2n) is 5.74. The van der Waals surface area contributed by atoms with Gasteiger partial charge in [0.05, 0.1) is 6.10 Å². The van der Waals surface area contributed by atoms with Gasteiger partial charge in [0.25, 0.3) is 0 Å². The highest BCUT2D eigenvalue weighted by molar-refractivity contribution is 5.02. The third-order valence-electron chi connectivity index (χ3n) is 5.05. The Morgan fingerprint density at radius 1 is 1.31 bits per heavy atom. The zero-order valence-corrected chi connectivity index (χ0v) is 10.5. The highest BCUT2D eigenvalue weighted by Gasteiger charge is 2.48. The summed E-state index contributed by atoms with van der Waals surface area (Å²) in [6, 6.07) is 1.66. The van der Waals surface area contributed by atoms with Crippen LogP contribution >= 0.6 is 0 Å². The fraction of sp³-hybridized carbons (Fsp3) is 1.00. The molecule has 1 aliphatic carbocycles. The Morgan fingerprint density at radius 3 is 2.81 bits per heavy atom. The SMILES string of the molecule is CCC1C2CNCC2CN1C1CC(OC)C1. The van der Waals surface area contributed by atoms with Gasteiger partial charge in [0.1, 0.15) is 0 Å².